The minimum Gasteiger partial charge on any atom is -0.478 e. The van der Waals surface area contributed by atoms with Crippen molar-refractivity contribution in [3.05, 3.63) is 57.6 Å². The van der Waals surface area contributed by atoms with Gasteiger partial charge in [0.25, 0.3) is 5.91 Å². The van der Waals surface area contributed by atoms with Gasteiger partial charge in [-0.2, -0.15) is 0 Å². The van der Waals surface area contributed by atoms with Gasteiger partial charge in [-0.05, 0) is 42.3 Å². The number of carbonyl (C=O) groups excluding carboxylic acids is 1. The van der Waals surface area contributed by atoms with Gasteiger partial charge >= 0.3 is 5.97 Å². The fraction of sp³-hybridized carbons (Fsp3) is 0.133. The van der Waals surface area contributed by atoms with Crippen LogP contribution in [0.2, 0.25) is 0 Å². The second-order valence-electron chi connectivity index (χ2n) is 4.37. The van der Waals surface area contributed by atoms with Gasteiger partial charge in [0, 0.05) is 29.9 Å². The number of thiophene rings is 1. The Kier molecular flexibility index (Phi) is 4.84. The molecule has 2 heterocycles. The molecule has 0 aliphatic heterocycles. The number of aryl methyl sites for hydroxylation is 1. The molecule has 5 nitrogen and oxygen atoms in total. The first-order valence-electron chi connectivity index (χ1n) is 6.25. The van der Waals surface area contributed by atoms with Gasteiger partial charge in [-0.25, -0.2) is 4.79 Å². The third-order valence-electron chi connectivity index (χ3n) is 2.76. The maximum absolute atomic E-state index is 12.1. The minimum atomic E-state index is -1.01. The van der Waals surface area contributed by atoms with Crippen LogP contribution in [0.1, 0.15) is 25.7 Å². The number of carboxylic acid groups (broad SMARTS) is 1. The first-order chi connectivity index (χ1) is 10.1. The Morgan fingerprint density at radius 3 is 2.76 bits per heavy atom. The van der Waals surface area contributed by atoms with Gasteiger partial charge in [0.05, 0.1) is 4.88 Å². The van der Waals surface area contributed by atoms with Crippen molar-refractivity contribution >= 4 is 29.3 Å². The predicted molar refractivity (Wildman–Crippen MR) is 81.1 cm³/mol. The second kappa shape index (κ2) is 6.81. The Labute approximate surface area is 126 Å². The summed E-state index contributed by atoms with van der Waals surface area (Å²) in [6.45, 7) is 2.27. The number of pyridine rings is 1. The molecule has 0 aliphatic carbocycles. The molecule has 0 saturated carbocycles. The number of hydrogen-bond acceptors (Lipinski definition) is 4. The van der Waals surface area contributed by atoms with Crippen LogP contribution in [0.4, 0.5) is 0 Å². The lowest BCUT2D eigenvalue weighted by Crippen LogP contribution is -2.21. The van der Waals surface area contributed by atoms with Crippen molar-refractivity contribution in [3.63, 3.8) is 0 Å². The van der Waals surface area contributed by atoms with Gasteiger partial charge in [0.15, 0.2) is 0 Å². The molecule has 108 valence electrons. The summed E-state index contributed by atoms with van der Waals surface area (Å²) in [6.07, 6.45) is 5.91. The molecule has 0 spiro atoms. The topological polar surface area (TPSA) is 79.3 Å². The third-order valence-corrected chi connectivity index (χ3v) is 3.96. The van der Waals surface area contributed by atoms with Crippen LogP contribution in [-0.2, 0) is 11.3 Å². The molecule has 0 aromatic carbocycles. The number of nitrogens with one attached hydrogen (secondary N) is 1. The lowest BCUT2D eigenvalue weighted by molar-refractivity contribution is -0.131. The molecule has 6 heteroatoms. The predicted octanol–water partition coefficient (Wildman–Crippen LogP) is 2.48. The van der Waals surface area contributed by atoms with E-state index in [1.807, 2.05) is 19.1 Å². The number of carbonyl (C=O) groups is 2. The quantitative estimate of drug-likeness (QED) is 0.832. The molecule has 0 aliphatic rings. The highest BCUT2D eigenvalue weighted by Gasteiger charge is 2.11. The second-order valence-corrected chi connectivity index (χ2v) is 5.45. The molecule has 0 bridgehead atoms. The monoisotopic (exact) mass is 302 g/mol. The molecular weight excluding hydrogens is 288 g/mol. The summed E-state index contributed by atoms with van der Waals surface area (Å²) < 4.78 is 0. The zero-order chi connectivity index (χ0) is 15.2. The molecular formula is C15H14N2O3S. The van der Waals surface area contributed by atoms with Gasteiger partial charge in [-0.3, -0.25) is 9.78 Å². The normalized spacial score (nSPS) is 10.7. The summed E-state index contributed by atoms with van der Waals surface area (Å²) in [7, 11) is 0. The average molecular weight is 302 g/mol. The fourth-order valence-electron chi connectivity index (χ4n) is 1.69. The maximum atomic E-state index is 12.1. The van der Waals surface area contributed by atoms with Crippen LogP contribution in [0.5, 0.6) is 0 Å². The lowest BCUT2D eigenvalue weighted by atomic mass is 10.2. The van der Waals surface area contributed by atoms with Gasteiger partial charge in [0.2, 0.25) is 0 Å². The summed E-state index contributed by atoms with van der Waals surface area (Å²) in [4.78, 5) is 27.8. The van der Waals surface area contributed by atoms with E-state index in [0.29, 0.717) is 11.4 Å². The Morgan fingerprint density at radius 1 is 1.38 bits per heavy atom. The van der Waals surface area contributed by atoms with Gasteiger partial charge < -0.3 is 10.4 Å². The van der Waals surface area contributed by atoms with Crippen LogP contribution in [0.15, 0.2) is 36.7 Å². The maximum Gasteiger partial charge on any atom is 0.328 e. The van der Waals surface area contributed by atoms with Crippen molar-refractivity contribution in [2.24, 2.45) is 0 Å². The summed E-state index contributed by atoms with van der Waals surface area (Å²) in [6, 6.07) is 5.43. The molecule has 21 heavy (non-hydrogen) atoms. The smallest absolute Gasteiger partial charge is 0.328 e. The van der Waals surface area contributed by atoms with E-state index in [2.05, 4.69) is 10.3 Å². The van der Waals surface area contributed by atoms with Crippen molar-refractivity contribution in [2.75, 3.05) is 0 Å². The zero-order valence-corrected chi connectivity index (χ0v) is 12.2. The highest BCUT2D eigenvalue weighted by Crippen LogP contribution is 2.23. The van der Waals surface area contributed by atoms with E-state index < -0.39 is 5.97 Å². The van der Waals surface area contributed by atoms with Crippen LogP contribution in [-0.4, -0.2) is 22.0 Å². The molecule has 0 atom stereocenters. The molecule has 0 fully saturated rings. The van der Waals surface area contributed by atoms with Crippen molar-refractivity contribution in [1.82, 2.24) is 10.3 Å². The Balaban J connectivity index is 2.03. The largest absolute Gasteiger partial charge is 0.478 e. The Hall–Kier alpha value is -2.47. The van der Waals surface area contributed by atoms with Gasteiger partial charge in [0.1, 0.15) is 0 Å². The SMILES string of the molecule is Cc1cc(C(=O)NCc2ccncc2)sc1/C=C/C(=O)O. The van der Waals surface area contributed by atoms with E-state index in [4.69, 9.17) is 5.11 Å². The van der Waals surface area contributed by atoms with E-state index >= 15 is 0 Å². The molecule has 0 unspecified atom stereocenters. The number of nitrogens with zero attached hydrogens (tertiary/aromatic N) is 1. The molecule has 1 amide bonds. The van der Waals surface area contributed by atoms with Crippen molar-refractivity contribution in [2.45, 2.75) is 13.5 Å². The minimum absolute atomic E-state index is 0.171. The Morgan fingerprint density at radius 2 is 2.10 bits per heavy atom. The van der Waals surface area contributed by atoms with Crippen LogP contribution >= 0.6 is 11.3 Å². The average Bonchev–Trinajstić information content (AvgIpc) is 2.85. The van der Waals surface area contributed by atoms with E-state index in [1.54, 1.807) is 18.5 Å². The third kappa shape index (κ3) is 4.25. The fourth-order valence-corrected chi connectivity index (χ4v) is 2.68. The first-order valence-corrected chi connectivity index (χ1v) is 7.06. The molecule has 2 aromatic heterocycles. The summed E-state index contributed by atoms with van der Waals surface area (Å²) in [5, 5.41) is 11.4. The summed E-state index contributed by atoms with van der Waals surface area (Å²) in [5.74, 6) is -1.18. The zero-order valence-electron chi connectivity index (χ0n) is 11.4. The standard InChI is InChI=1S/C15H14N2O3S/c1-10-8-13(21-12(10)2-3-14(18)19)15(20)17-9-11-4-6-16-7-5-11/h2-8H,9H2,1H3,(H,17,20)(H,18,19)/b3-2+. The van der Waals surface area contributed by atoms with Crippen LogP contribution in [0.3, 0.4) is 0 Å². The summed E-state index contributed by atoms with van der Waals surface area (Å²) in [5.41, 5.74) is 1.85. The number of aliphatic carboxylic acids is 1. The van der Waals surface area contributed by atoms with Crippen LogP contribution < -0.4 is 5.32 Å². The molecule has 0 saturated heterocycles. The Bertz CT molecular complexity index is 677. The number of carboxylic acids is 1. The highest BCUT2D eigenvalue weighted by molar-refractivity contribution is 7.15. The van der Waals surface area contributed by atoms with Crippen molar-refractivity contribution in [3.8, 4) is 0 Å². The number of hydrogen-bond donors (Lipinski definition) is 2. The van der Waals surface area contributed by atoms with E-state index in [1.165, 1.54) is 17.4 Å². The van der Waals surface area contributed by atoms with Gasteiger partial charge in [-0.15, -0.1) is 11.3 Å². The van der Waals surface area contributed by atoms with Gasteiger partial charge in [-0.1, -0.05) is 0 Å². The number of rotatable bonds is 5. The van der Waals surface area contributed by atoms with Crippen LogP contribution in [0, 0.1) is 6.92 Å². The van der Waals surface area contributed by atoms with Crippen molar-refractivity contribution < 1.29 is 14.7 Å². The highest BCUT2D eigenvalue weighted by atomic mass is 32.1. The van der Waals surface area contributed by atoms with E-state index in [-0.39, 0.29) is 5.91 Å². The lowest BCUT2D eigenvalue weighted by Gasteiger charge is -2.02. The molecule has 2 aromatic rings. The summed E-state index contributed by atoms with van der Waals surface area (Å²) >= 11 is 1.27. The van der Waals surface area contributed by atoms with Crippen molar-refractivity contribution in [1.29, 1.82) is 0 Å². The molecule has 2 N–H and O–H groups in total. The van der Waals surface area contributed by atoms with Crippen LogP contribution in [0.25, 0.3) is 6.08 Å². The van der Waals surface area contributed by atoms with E-state index in [0.717, 1.165) is 22.1 Å². The number of amides is 1. The first kappa shape index (κ1) is 14.9. The molecule has 0 radical (unpaired) electrons. The molecule has 2 rings (SSSR count). The number of aromatic nitrogens is 1. The van der Waals surface area contributed by atoms with E-state index in [9.17, 15) is 9.59 Å².